The Hall–Kier alpha value is -1.65. The van der Waals surface area contributed by atoms with Gasteiger partial charge in [-0.1, -0.05) is 36.4 Å². The smallest absolute Gasteiger partial charge is 0.308 e. The van der Waals surface area contributed by atoms with Crippen LogP contribution in [0.25, 0.3) is 0 Å². The van der Waals surface area contributed by atoms with Crippen LogP contribution in [0.1, 0.15) is 12.0 Å². The number of esters is 1. The third-order valence-corrected chi connectivity index (χ3v) is 2.52. The van der Waals surface area contributed by atoms with E-state index in [4.69, 9.17) is 4.74 Å². The molecule has 0 saturated heterocycles. The summed E-state index contributed by atoms with van der Waals surface area (Å²) in [5.74, 6) is -0.422. The molecule has 0 saturated carbocycles. The second-order valence-electron chi connectivity index (χ2n) is 3.84. The maximum atomic E-state index is 11.2. The molecule has 0 aromatic heterocycles. The molecule has 0 aliphatic heterocycles. The van der Waals surface area contributed by atoms with Crippen molar-refractivity contribution in [3.8, 4) is 0 Å². The molecule has 0 aliphatic rings. The summed E-state index contributed by atoms with van der Waals surface area (Å²) in [6.45, 7) is 3.81. The van der Waals surface area contributed by atoms with Gasteiger partial charge in [-0.25, -0.2) is 0 Å². The Bertz CT molecular complexity index is 375. The van der Waals surface area contributed by atoms with Crippen LogP contribution in [0.15, 0.2) is 43.0 Å². The number of methoxy groups -OCH3 is 1. The van der Waals surface area contributed by atoms with E-state index in [1.54, 1.807) is 0 Å². The standard InChI is InChI=1S/C14H18O4/c1-3-12(15)13(9-14(16)17-2)18-10-11-7-5-4-6-8-11/h3-8,12-13,15H,1,9-10H2,2H3/t12-,13-/m0/s1. The molecule has 1 rings (SSSR count). The number of hydrogen-bond acceptors (Lipinski definition) is 4. The third-order valence-electron chi connectivity index (χ3n) is 2.52. The zero-order valence-corrected chi connectivity index (χ0v) is 10.4. The first kappa shape index (κ1) is 14.4. The highest BCUT2D eigenvalue weighted by atomic mass is 16.5. The number of carbonyl (C=O) groups excluding carboxylic acids is 1. The number of aliphatic hydroxyl groups excluding tert-OH is 1. The van der Waals surface area contributed by atoms with Crippen LogP contribution in [0.3, 0.4) is 0 Å². The Labute approximate surface area is 107 Å². The quantitative estimate of drug-likeness (QED) is 0.591. The summed E-state index contributed by atoms with van der Waals surface area (Å²) in [5.41, 5.74) is 0.976. The fourth-order valence-corrected chi connectivity index (χ4v) is 1.46. The lowest BCUT2D eigenvalue weighted by molar-refractivity contribution is -0.146. The zero-order valence-electron chi connectivity index (χ0n) is 10.4. The predicted octanol–water partition coefficient (Wildman–Crippen LogP) is 1.68. The lowest BCUT2D eigenvalue weighted by Gasteiger charge is -2.20. The number of ether oxygens (including phenoxy) is 2. The molecule has 4 nitrogen and oxygen atoms in total. The van der Waals surface area contributed by atoms with E-state index in [9.17, 15) is 9.90 Å². The molecule has 0 aliphatic carbocycles. The van der Waals surface area contributed by atoms with Crippen molar-refractivity contribution in [2.75, 3.05) is 7.11 Å². The minimum Gasteiger partial charge on any atom is -0.469 e. The largest absolute Gasteiger partial charge is 0.469 e. The van der Waals surface area contributed by atoms with Crippen LogP contribution in [0.2, 0.25) is 0 Å². The molecular formula is C14H18O4. The summed E-state index contributed by atoms with van der Waals surface area (Å²) in [7, 11) is 1.30. The third kappa shape index (κ3) is 4.69. The van der Waals surface area contributed by atoms with Crippen LogP contribution in [-0.4, -0.2) is 30.4 Å². The van der Waals surface area contributed by atoms with E-state index in [2.05, 4.69) is 11.3 Å². The summed E-state index contributed by atoms with van der Waals surface area (Å²) < 4.78 is 10.1. The van der Waals surface area contributed by atoms with Crippen LogP contribution in [0.5, 0.6) is 0 Å². The van der Waals surface area contributed by atoms with Gasteiger partial charge in [0.2, 0.25) is 0 Å². The molecule has 98 valence electrons. The zero-order chi connectivity index (χ0) is 13.4. The van der Waals surface area contributed by atoms with Crippen molar-refractivity contribution in [3.05, 3.63) is 48.6 Å². The highest BCUT2D eigenvalue weighted by Crippen LogP contribution is 2.11. The van der Waals surface area contributed by atoms with Crippen LogP contribution in [-0.2, 0) is 20.9 Å². The topological polar surface area (TPSA) is 55.8 Å². The first-order chi connectivity index (χ1) is 8.67. The minimum absolute atomic E-state index is 0.00345. The number of aliphatic hydroxyl groups is 1. The monoisotopic (exact) mass is 250 g/mol. The van der Waals surface area contributed by atoms with E-state index >= 15 is 0 Å². The van der Waals surface area contributed by atoms with Crippen molar-refractivity contribution in [2.45, 2.75) is 25.2 Å². The lowest BCUT2D eigenvalue weighted by atomic mass is 10.1. The van der Waals surface area contributed by atoms with Gasteiger partial charge in [-0.2, -0.15) is 0 Å². The molecule has 0 bridgehead atoms. The van der Waals surface area contributed by atoms with Crippen molar-refractivity contribution in [1.82, 2.24) is 0 Å². The highest BCUT2D eigenvalue weighted by Gasteiger charge is 2.21. The van der Waals surface area contributed by atoms with Crippen molar-refractivity contribution in [3.63, 3.8) is 0 Å². The van der Waals surface area contributed by atoms with Gasteiger partial charge in [-0.05, 0) is 5.56 Å². The van der Waals surface area contributed by atoms with Crippen LogP contribution in [0.4, 0.5) is 0 Å². The van der Waals surface area contributed by atoms with Gasteiger partial charge in [0.25, 0.3) is 0 Å². The molecule has 18 heavy (non-hydrogen) atoms. The van der Waals surface area contributed by atoms with Crippen molar-refractivity contribution >= 4 is 5.97 Å². The van der Waals surface area contributed by atoms with Crippen LogP contribution < -0.4 is 0 Å². The second kappa shape index (κ2) is 7.63. The second-order valence-corrected chi connectivity index (χ2v) is 3.84. The van der Waals surface area contributed by atoms with Gasteiger partial charge < -0.3 is 14.6 Å². The number of rotatable bonds is 7. The van der Waals surface area contributed by atoms with E-state index in [1.165, 1.54) is 13.2 Å². The van der Waals surface area contributed by atoms with Crippen molar-refractivity contribution < 1.29 is 19.4 Å². The lowest BCUT2D eigenvalue weighted by Crippen LogP contribution is -2.30. The number of benzene rings is 1. The average Bonchev–Trinajstić information content (AvgIpc) is 2.43. The Morgan fingerprint density at radius 1 is 1.44 bits per heavy atom. The van der Waals surface area contributed by atoms with E-state index in [0.717, 1.165) is 5.56 Å². The molecule has 1 aromatic rings. The Balaban J connectivity index is 2.56. The molecule has 0 spiro atoms. The van der Waals surface area contributed by atoms with Crippen molar-refractivity contribution in [2.24, 2.45) is 0 Å². The molecule has 0 amide bonds. The Kier molecular flexibility index (Phi) is 6.11. The summed E-state index contributed by atoms with van der Waals surface area (Å²) in [4.78, 5) is 11.2. The molecular weight excluding hydrogens is 232 g/mol. The molecule has 0 heterocycles. The molecule has 0 fully saturated rings. The molecule has 0 unspecified atom stereocenters. The van der Waals surface area contributed by atoms with Gasteiger partial charge in [-0.15, -0.1) is 6.58 Å². The summed E-state index contributed by atoms with van der Waals surface area (Å²) in [6, 6.07) is 9.54. The Morgan fingerprint density at radius 2 is 2.11 bits per heavy atom. The van der Waals surface area contributed by atoms with Gasteiger partial charge in [0, 0.05) is 0 Å². The maximum absolute atomic E-state index is 11.2. The summed E-state index contributed by atoms with van der Waals surface area (Å²) >= 11 is 0. The van der Waals surface area contributed by atoms with Gasteiger partial charge in [0.15, 0.2) is 0 Å². The molecule has 0 radical (unpaired) electrons. The Morgan fingerprint density at radius 3 is 2.67 bits per heavy atom. The number of carbonyl (C=O) groups is 1. The van der Waals surface area contributed by atoms with E-state index in [-0.39, 0.29) is 6.42 Å². The summed E-state index contributed by atoms with van der Waals surface area (Å²) in [5, 5.41) is 9.69. The molecule has 2 atom stereocenters. The highest BCUT2D eigenvalue weighted by molar-refractivity contribution is 5.69. The molecule has 1 N–H and O–H groups in total. The maximum Gasteiger partial charge on any atom is 0.308 e. The minimum atomic E-state index is -0.896. The summed E-state index contributed by atoms with van der Waals surface area (Å²) in [6.07, 6.45) is -0.197. The molecule has 4 heteroatoms. The van der Waals surface area contributed by atoms with Crippen molar-refractivity contribution in [1.29, 1.82) is 0 Å². The van der Waals surface area contributed by atoms with Gasteiger partial charge in [0.05, 0.1) is 32.3 Å². The van der Waals surface area contributed by atoms with E-state index in [1.807, 2.05) is 30.3 Å². The van der Waals surface area contributed by atoms with Crippen LogP contribution in [0, 0.1) is 0 Å². The number of hydrogen-bond donors (Lipinski definition) is 1. The normalized spacial score (nSPS) is 13.7. The first-order valence-electron chi connectivity index (χ1n) is 5.70. The van der Waals surface area contributed by atoms with Gasteiger partial charge in [0.1, 0.15) is 0 Å². The fraction of sp³-hybridized carbons (Fsp3) is 0.357. The van der Waals surface area contributed by atoms with E-state index in [0.29, 0.717) is 6.61 Å². The molecule has 1 aromatic carbocycles. The predicted molar refractivity (Wildman–Crippen MR) is 67.9 cm³/mol. The fourth-order valence-electron chi connectivity index (χ4n) is 1.46. The van der Waals surface area contributed by atoms with Gasteiger partial charge in [-0.3, -0.25) is 4.79 Å². The SMILES string of the molecule is C=C[C@H](O)[C@H](CC(=O)OC)OCc1ccccc1. The van der Waals surface area contributed by atoms with Crippen LogP contribution >= 0.6 is 0 Å². The van der Waals surface area contributed by atoms with Gasteiger partial charge >= 0.3 is 5.97 Å². The first-order valence-corrected chi connectivity index (χ1v) is 5.70. The van der Waals surface area contributed by atoms with E-state index < -0.39 is 18.2 Å². The average molecular weight is 250 g/mol.